The van der Waals surface area contributed by atoms with Gasteiger partial charge in [-0.15, -0.1) is 0 Å². The van der Waals surface area contributed by atoms with E-state index in [1.54, 1.807) is 0 Å². The molecule has 15 heavy (non-hydrogen) atoms. The number of nitrogens with zero attached hydrogens (tertiary/aromatic N) is 1. The summed E-state index contributed by atoms with van der Waals surface area (Å²) < 4.78 is 1.30. The van der Waals surface area contributed by atoms with E-state index in [-0.39, 0.29) is 0 Å². The second-order valence-corrected chi connectivity index (χ2v) is 5.57. The Labute approximate surface area is 105 Å². The Kier molecular flexibility index (Phi) is 3.34. The smallest absolute Gasteiger partial charge is 0.0409 e. The van der Waals surface area contributed by atoms with Crippen LogP contribution in [0.25, 0.3) is 0 Å². The van der Waals surface area contributed by atoms with Gasteiger partial charge >= 0.3 is 0 Å². The fraction of sp³-hybridized carbons (Fsp3) is 0.385. The third kappa shape index (κ3) is 2.97. The molecular formula is C13H16IN. The summed E-state index contributed by atoms with van der Waals surface area (Å²) in [6, 6.07) is 9.49. The van der Waals surface area contributed by atoms with Crippen LogP contribution in [0.5, 0.6) is 0 Å². The molecule has 1 fully saturated rings. The van der Waals surface area contributed by atoms with Crippen LogP contribution in [0, 0.1) is 3.57 Å². The van der Waals surface area contributed by atoms with Gasteiger partial charge in [-0.1, -0.05) is 5.57 Å². The molecule has 0 spiro atoms. The molecule has 0 atom stereocenters. The zero-order valence-electron chi connectivity index (χ0n) is 9.20. The lowest BCUT2D eigenvalue weighted by Gasteiger charge is -2.21. The van der Waals surface area contributed by atoms with E-state index in [4.69, 9.17) is 0 Å². The minimum absolute atomic E-state index is 0.736. The average Bonchev–Trinajstić information content (AvgIpc) is 2.99. The molecule has 0 heterocycles. The summed E-state index contributed by atoms with van der Waals surface area (Å²) in [5.41, 5.74) is 2.68. The van der Waals surface area contributed by atoms with E-state index in [1.807, 2.05) is 0 Å². The van der Waals surface area contributed by atoms with Crippen molar-refractivity contribution in [2.45, 2.75) is 32.7 Å². The van der Waals surface area contributed by atoms with Gasteiger partial charge in [-0.3, -0.25) is 0 Å². The zero-order valence-corrected chi connectivity index (χ0v) is 11.4. The van der Waals surface area contributed by atoms with Gasteiger partial charge in [0.05, 0.1) is 0 Å². The van der Waals surface area contributed by atoms with Gasteiger partial charge in [-0.25, -0.2) is 0 Å². The summed E-state index contributed by atoms with van der Waals surface area (Å²) in [6.45, 7) is 4.31. The normalized spacial score (nSPS) is 14.9. The molecule has 2 heteroatoms. The SMILES string of the molecule is CC(C)=CN(c1ccc(I)cc1)C1CC1. The topological polar surface area (TPSA) is 3.24 Å². The molecule has 1 aliphatic rings. The molecule has 0 aliphatic heterocycles. The van der Waals surface area contributed by atoms with E-state index in [1.165, 1.54) is 27.7 Å². The minimum atomic E-state index is 0.736. The first-order chi connectivity index (χ1) is 7.16. The lowest BCUT2D eigenvalue weighted by Crippen LogP contribution is -2.18. The van der Waals surface area contributed by atoms with E-state index in [9.17, 15) is 0 Å². The maximum Gasteiger partial charge on any atom is 0.0409 e. The Morgan fingerprint density at radius 1 is 1.27 bits per heavy atom. The van der Waals surface area contributed by atoms with E-state index in [0.29, 0.717) is 0 Å². The first-order valence-electron chi connectivity index (χ1n) is 5.36. The summed E-state index contributed by atoms with van der Waals surface area (Å²) >= 11 is 2.34. The standard InChI is InChI=1S/C13H16IN/c1-10(2)9-15(13-7-8-13)12-5-3-11(14)4-6-12/h3-6,9,13H,7-8H2,1-2H3. The molecule has 1 aromatic rings. The third-order valence-electron chi connectivity index (χ3n) is 2.46. The van der Waals surface area contributed by atoms with Gasteiger partial charge in [0.1, 0.15) is 0 Å². The first kappa shape index (κ1) is 11.0. The highest BCUT2D eigenvalue weighted by Gasteiger charge is 2.27. The van der Waals surface area contributed by atoms with Crippen molar-refractivity contribution < 1.29 is 0 Å². The first-order valence-corrected chi connectivity index (χ1v) is 6.43. The van der Waals surface area contributed by atoms with Gasteiger partial charge in [0.2, 0.25) is 0 Å². The summed E-state index contributed by atoms with van der Waals surface area (Å²) in [7, 11) is 0. The molecule has 0 aromatic heterocycles. The van der Waals surface area contributed by atoms with Crippen LogP contribution in [0.4, 0.5) is 5.69 Å². The molecular weight excluding hydrogens is 297 g/mol. The van der Waals surface area contributed by atoms with Crippen LogP contribution in [0.2, 0.25) is 0 Å². The summed E-state index contributed by atoms with van der Waals surface area (Å²) in [4.78, 5) is 2.41. The van der Waals surface area contributed by atoms with Gasteiger partial charge < -0.3 is 4.90 Å². The van der Waals surface area contributed by atoms with Crippen molar-refractivity contribution in [3.05, 3.63) is 39.6 Å². The molecule has 0 amide bonds. The van der Waals surface area contributed by atoms with Gasteiger partial charge in [0, 0.05) is 21.5 Å². The van der Waals surface area contributed by atoms with E-state index in [2.05, 4.69) is 71.8 Å². The summed E-state index contributed by atoms with van der Waals surface area (Å²) in [5, 5.41) is 0. The number of allylic oxidation sites excluding steroid dienone is 1. The van der Waals surface area contributed by atoms with Gasteiger partial charge in [0.25, 0.3) is 0 Å². The van der Waals surface area contributed by atoms with Crippen molar-refractivity contribution >= 4 is 28.3 Å². The van der Waals surface area contributed by atoms with E-state index >= 15 is 0 Å². The summed E-state index contributed by atoms with van der Waals surface area (Å²) in [6.07, 6.45) is 4.92. The van der Waals surface area contributed by atoms with Crippen LogP contribution in [0.1, 0.15) is 26.7 Å². The van der Waals surface area contributed by atoms with E-state index in [0.717, 1.165) is 6.04 Å². The van der Waals surface area contributed by atoms with Gasteiger partial charge in [-0.05, 0) is 73.5 Å². The molecule has 80 valence electrons. The highest BCUT2D eigenvalue weighted by Crippen LogP contribution is 2.32. The van der Waals surface area contributed by atoms with Crippen LogP contribution in [-0.2, 0) is 0 Å². The van der Waals surface area contributed by atoms with Crippen molar-refractivity contribution in [3.63, 3.8) is 0 Å². The second-order valence-electron chi connectivity index (χ2n) is 4.32. The van der Waals surface area contributed by atoms with Gasteiger partial charge in [-0.2, -0.15) is 0 Å². The van der Waals surface area contributed by atoms with Crippen molar-refractivity contribution in [1.29, 1.82) is 0 Å². The monoisotopic (exact) mass is 313 g/mol. The van der Waals surface area contributed by atoms with Gasteiger partial charge in [0.15, 0.2) is 0 Å². The van der Waals surface area contributed by atoms with Crippen LogP contribution >= 0.6 is 22.6 Å². The largest absolute Gasteiger partial charge is 0.345 e. The van der Waals surface area contributed by atoms with Crippen molar-refractivity contribution in [3.8, 4) is 0 Å². The molecule has 2 rings (SSSR count). The third-order valence-corrected chi connectivity index (χ3v) is 3.18. The van der Waals surface area contributed by atoms with Crippen LogP contribution in [0.15, 0.2) is 36.0 Å². The second kappa shape index (κ2) is 4.56. The molecule has 0 unspecified atom stereocenters. The van der Waals surface area contributed by atoms with Crippen LogP contribution in [-0.4, -0.2) is 6.04 Å². The predicted octanol–water partition coefficient (Wildman–Crippen LogP) is 4.18. The number of hydrogen-bond donors (Lipinski definition) is 0. The predicted molar refractivity (Wildman–Crippen MR) is 74.1 cm³/mol. The minimum Gasteiger partial charge on any atom is -0.345 e. The maximum absolute atomic E-state index is 2.41. The molecule has 0 N–H and O–H groups in total. The van der Waals surface area contributed by atoms with Crippen molar-refractivity contribution in [2.75, 3.05) is 4.90 Å². The number of benzene rings is 1. The Morgan fingerprint density at radius 2 is 1.87 bits per heavy atom. The number of anilines is 1. The maximum atomic E-state index is 2.41. The highest BCUT2D eigenvalue weighted by atomic mass is 127. The molecule has 1 saturated carbocycles. The quantitative estimate of drug-likeness (QED) is 0.757. The average molecular weight is 313 g/mol. The summed E-state index contributed by atoms with van der Waals surface area (Å²) in [5.74, 6) is 0. The zero-order chi connectivity index (χ0) is 10.8. The molecule has 1 aliphatic carbocycles. The Bertz CT molecular complexity index is 359. The number of rotatable bonds is 3. The lowest BCUT2D eigenvalue weighted by atomic mass is 10.2. The lowest BCUT2D eigenvalue weighted by molar-refractivity contribution is 0.951. The van der Waals surface area contributed by atoms with Crippen LogP contribution < -0.4 is 4.90 Å². The Hall–Kier alpha value is -0.510. The fourth-order valence-electron chi connectivity index (χ4n) is 1.63. The molecule has 1 nitrogen and oxygen atoms in total. The Balaban J connectivity index is 2.24. The number of halogens is 1. The molecule has 0 saturated heterocycles. The Morgan fingerprint density at radius 3 is 2.33 bits per heavy atom. The fourth-order valence-corrected chi connectivity index (χ4v) is 1.99. The van der Waals surface area contributed by atoms with E-state index < -0.39 is 0 Å². The van der Waals surface area contributed by atoms with Crippen molar-refractivity contribution in [1.82, 2.24) is 0 Å². The highest BCUT2D eigenvalue weighted by molar-refractivity contribution is 14.1. The molecule has 0 radical (unpaired) electrons. The molecule has 1 aromatic carbocycles. The van der Waals surface area contributed by atoms with Crippen LogP contribution in [0.3, 0.4) is 0 Å². The molecule has 0 bridgehead atoms. The van der Waals surface area contributed by atoms with Crippen molar-refractivity contribution in [2.24, 2.45) is 0 Å². The number of hydrogen-bond acceptors (Lipinski definition) is 1.